The molecule has 1 N–H and O–H groups in total. The van der Waals surface area contributed by atoms with Crippen LogP contribution < -0.4 is 14.4 Å². The summed E-state index contributed by atoms with van der Waals surface area (Å²) < 4.78 is 48.0. The molecule has 43 heavy (non-hydrogen) atoms. The van der Waals surface area contributed by atoms with Gasteiger partial charge in [-0.05, 0) is 92.4 Å². The van der Waals surface area contributed by atoms with Crippen molar-refractivity contribution in [2.75, 3.05) is 17.5 Å². The van der Waals surface area contributed by atoms with E-state index in [1.54, 1.807) is 48.5 Å². The predicted octanol–water partition coefficient (Wildman–Crippen LogP) is 5.94. The highest BCUT2D eigenvalue weighted by Crippen LogP contribution is 2.27. The lowest BCUT2D eigenvalue weighted by Crippen LogP contribution is -2.53. The molecular formula is C32H37ClFN3O5S. The largest absolute Gasteiger partial charge is 0.494 e. The van der Waals surface area contributed by atoms with Gasteiger partial charge in [0.15, 0.2) is 0 Å². The Morgan fingerprint density at radius 2 is 1.60 bits per heavy atom. The molecule has 0 aromatic heterocycles. The Morgan fingerprint density at radius 3 is 2.19 bits per heavy atom. The first-order chi connectivity index (χ1) is 20.6. The third-order valence-corrected chi connectivity index (χ3v) is 9.51. The minimum atomic E-state index is -4.31. The van der Waals surface area contributed by atoms with Gasteiger partial charge in [0.1, 0.15) is 24.2 Å². The average Bonchev–Trinajstić information content (AvgIpc) is 3.50. The lowest BCUT2D eigenvalue weighted by Gasteiger charge is -2.33. The number of sulfonamides is 1. The van der Waals surface area contributed by atoms with Gasteiger partial charge < -0.3 is 15.0 Å². The highest BCUT2D eigenvalue weighted by molar-refractivity contribution is 7.92. The standard InChI is InChI=1S/C32H37ClFN3O5S/c1-3-30(32(39)35-26-7-5-6-8-26)36(21-23-9-11-24(33)12-10-23)31(38)22-37(27-15-17-28(18-16-27)42-4-2)43(40,41)29-19-13-25(34)14-20-29/h9-20,26,30H,3-8,21-22H2,1-2H3,(H,35,39). The Kier molecular flexibility index (Phi) is 11.0. The van der Waals surface area contributed by atoms with E-state index in [9.17, 15) is 22.4 Å². The number of ether oxygens (including phenoxy) is 1. The second-order valence-electron chi connectivity index (χ2n) is 10.5. The molecule has 0 spiro atoms. The maximum atomic E-state index is 14.2. The zero-order valence-corrected chi connectivity index (χ0v) is 25.9. The van der Waals surface area contributed by atoms with Crippen LogP contribution in [0.25, 0.3) is 0 Å². The van der Waals surface area contributed by atoms with Crippen LogP contribution in [-0.4, -0.2) is 50.4 Å². The molecule has 3 aromatic carbocycles. The fourth-order valence-corrected chi connectivity index (χ4v) is 6.75. The second-order valence-corrected chi connectivity index (χ2v) is 12.8. The maximum Gasteiger partial charge on any atom is 0.264 e. The Morgan fingerprint density at radius 1 is 0.977 bits per heavy atom. The fourth-order valence-electron chi connectivity index (χ4n) is 5.21. The minimum Gasteiger partial charge on any atom is -0.494 e. The van der Waals surface area contributed by atoms with E-state index in [1.807, 2.05) is 13.8 Å². The highest BCUT2D eigenvalue weighted by atomic mass is 35.5. The first-order valence-electron chi connectivity index (χ1n) is 14.5. The van der Waals surface area contributed by atoms with E-state index in [0.29, 0.717) is 23.8 Å². The molecule has 1 aliphatic carbocycles. The molecule has 1 aliphatic rings. The summed E-state index contributed by atoms with van der Waals surface area (Å²) in [6, 6.07) is 16.9. The van der Waals surface area contributed by atoms with Gasteiger partial charge in [-0.1, -0.05) is 43.5 Å². The van der Waals surface area contributed by atoms with Crippen molar-refractivity contribution in [3.63, 3.8) is 0 Å². The van der Waals surface area contributed by atoms with Crippen LogP contribution in [-0.2, 0) is 26.2 Å². The average molecular weight is 630 g/mol. The van der Waals surface area contributed by atoms with Gasteiger partial charge in [-0.25, -0.2) is 12.8 Å². The fraction of sp³-hybridized carbons (Fsp3) is 0.375. The lowest BCUT2D eigenvalue weighted by atomic mass is 10.1. The number of rotatable bonds is 13. The highest BCUT2D eigenvalue weighted by Gasteiger charge is 2.34. The van der Waals surface area contributed by atoms with Crippen LogP contribution in [0.4, 0.5) is 10.1 Å². The molecule has 1 atom stereocenters. The minimum absolute atomic E-state index is 0.0493. The summed E-state index contributed by atoms with van der Waals surface area (Å²) in [5.41, 5.74) is 0.954. The number of carbonyl (C=O) groups excluding carboxylic acids is 2. The van der Waals surface area contributed by atoms with Crippen molar-refractivity contribution < 1.29 is 27.1 Å². The molecular weight excluding hydrogens is 593 g/mol. The zero-order valence-electron chi connectivity index (χ0n) is 24.3. The van der Waals surface area contributed by atoms with Crippen LogP contribution in [0.3, 0.4) is 0 Å². The number of hydrogen-bond acceptors (Lipinski definition) is 5. The van der Waals surface area contributed by atoms with Crippen LogP contribution in [0.2, 0.25) is 5.02 Å². The van der Waals surface area contributed by atoms with Crippen molar-refractivity contribution in [2.45, 2.75) is 69.5 Å². The van der Waals surface area contributed by atoms with Gasteiger partial charge in [-0.15, -0.1) is 0 Å². The summed E-state index contributed by atoms with van der Waals surface area (Å²) >= 11 is 6.08. The van der Waals surface area contributed by atoms with E-state index in [-0.39, 0.29) is 29.1 Å². The van der Waals surface area contributed by atoms with Gasteiger partial charge in [0.05, 0.1) is 17.2 Å². The van der Waals surface area contributed by atoms with Crippen molar-refractivity contribution >= 4 is 39.1 Å². The summed E-state index contributed by atoms with van der Waals surface area (Å²) in [6.07, 6.45) is 4.16. The van der Waals surface area contributed by atoms with Crippen molar-refractivity contribution in [2.24, 2.45) is 0 Å². The molecule has 0 bridgehead atoms. The Balaban J connectivity index is 1.71. The van der Waals surface area contributed by atoms with E-state index in [1.165, 1.54) is 4.90 Å². The first kappa shape index (κ1) is 32.3. The molecule has 4 rings (SSSR count). The van der Waals surface area contributed by atoms with Crippen LogP contribution in [0.5, 0.6) is 5.75 Å². The summed E-state index contributed by atoms with van der Waals surface area (Å²) in [6.45, 7) is 3.56. The van der Waals surface area contributed by atoms with E-state index in [4.69, 9.17) is 16.3 Å². The van der Waals surface area contributed by atoms with Crippen molar-refractivity contribution in [3.05, 3.63) is 89.2 Å². The van der Waals surface area contributed by atoms with Crippen LogP contribution >= 0.6 is 11.6 Å². The number of hydrogen-bond donors (Lipinski definition) is 1. The van der Waals surface area contributed by atoms with Crippen LogP contribution in [0.1, 0.15) is 51.5 Å². The van der Waals surface area contributed by atoms with E-state index >= 15 is 0 Å². The summed E-state index contributed by atoms with van der Waals surface area (Å²) in [5.74, 6) is -0.889. The normalized spacial score (nSPS) is 14.2. The quantitative estimate of drug-likeness (QED) is 0.253. The number of nitrogens with one attached hydrogen (secondary N) is 1. The molecule has 2 amide bonds. The molecule has 0 heterocycles. The van der Waals surface area contributed by atoms with Gasteiger partial charge in [-0.3, -0.25) is 13.9 Å². The van der Waals surface area contributed by atoms with Crippen molar-refractivity contribution in [1.82, 2.24) is 10.2 Å². The molecule has 0 saturated heterocycles. The number of anilines is 1. The Hall–Kier alpha value is -3.63. The molecule has 230 valence electrons. The SMILES string of the molecule is CCOc1ccc(N(CC(=O)N(Cc2ccc(Cl)cc2)C(CC)C(=O)NC2CCCC2)S(=O)(=O)c2ccc(F)cc2)cc1. The van der Waals surface area contributed by atoms with Gasteiger partial charge in [0.2, 0.25) is 11.8 Å². The lowest BCUT2D eigenvalue weighted by molar-refractivity contribution is -0.140. The van der Waals surface area contributed by atoms with Gasteiger partial charge >= 0.3 is 0 Å². The summed E-state index contributed by atoms with van der Waals surface area (Å²) in [4.78, 5) is 28.9. The molecule has 0 aliphatic heterocycles. The first-order valence-corrected chi connectivity index (χ1v) is 16.3. The maximum absolute atomic E-state index is 14.2. The molecule has 1 unspecified atom stereocenters. The second kappa shape index (κ2) is 14.7. The number of halogens is 2. The van der Waals surface area contributed by atoms with Gasteiger partial charge in [-0.2, -0.15) is 0 Å². The van der Waals surface area contributed by atoms with E-state index in [2.05, 4.69) is 5.32 Å². The summed E-state index contributed by atoms with van der Waals surface area (Å²) in [7, 11) is -4.31. The molecule has 1 saturated carbocycles. The molecule has 11 heteroatoms. The predicted molar refractivity (Wildman–Crippen MR) is 165 cm³/mol. The summed E-state index contributed by atoms with van der Waals surface area (Å²) in [5, 5.41) is 3.62. The smallest absolute Gasteiger partial charge is 0.264 e. The third kappa shape index (κ3) is 8.26. The van der Waals surface area contributed by atoms with Gasteiger partial charge in [0, 0.05) is 17.6 Å². The van der Waals surface area contributed by atoms with Crippen molar-refractivity contribution in [3.8, 4) is 5.75 Å². The van der Waals surface area contributed by atoms with Crippen molar-refractivity contribution in [1.29, 1.82) is 0 Å². The van der Waals surface area contributed by atoms with E-state index < -0.39 is 34.3 Å². The topological polar surface area (TPSA) is 96.0 Å². The number of nitrogens with zero attached hydrogens (tertiary/aromatic N) is 2. The zero-order chi connectivity index (χ0) is 31.0. The van der Waals surface area contributed by atoms with Crippen LogP contribution in [0.15, 0.2) is 77.7 Å². The molecule has 0 radical (unpaired) electrons. The Bertz CT molecular complexity index is 1480. The molecule has 3 aromatic rings. The molecule has 1 fully saturated rings. The van der Waals surface area contributed by atoms with Crippen LogP contribution in [0, 0.1) is 5.82 Å². The van der Waals surface area contributed by atoms with Gasteiger partial charge in [0.25, 0.3) is 10.0 Å². The number of benzene rings is 3. The molecule has 8 nitrogen and oxygen atoms in total. The van der Waals surface area contributed by atoms with E-state index in [0.717, 1.165) is 59.8 Å². The number of amides is 2. The number of carbonyl (C=O) groups is 2. The monoisotopic (exact) mass is 629 g/mol. The third-order valence-electron chi connectivity index (χ3n) is 7.47. The Labute approximate surface area is 257 Å².